The van der Waals surface area contributed by atoms with Crippen molar-refractivity contribution in [1.82, 2.24) is 0 Å². The van der Waals surface area contributed by atoms with Crippen molar-refractivity contribution in [2.24, 2.45) is 11.1 Å². The van der Waals surface area contributed by atoms with E-state index in [1.165, 1.54) is 12.7 Å². The Hall–Kier alpha value is -3.79. The van der Waals surface area contributed by atoms with Crippen molar-refractivity contribution in [2.45, 2.75) is 32.1 Å². The minimum Gasteiger partial charge on any atom is -0.399 e. The zero-order chi connectivity index (χ0) is 23.5. The van der Waals surface area contributed by atoms with Crippen LogP contribution < -0.4 is 0 Å². The van der Waals surface area contributed by atoms with Gasteiger partial charge in [0.2, 0.25) is 0 Å². The minimum atomic E-state index is 0.109. The number of carbonyl (C=O) groups is 2. The second kappa shape index (κ2) is 9.60. The largest absolute Gasteiger partial charge is 0.399 e. The van der Waals surface area contributed by atoms with E-state index in [2.05, 4.69) is 17.3 Å². The Bertz CT molecular complexity index is 1280. The first-order valence-electron chi connectivity index (χ1n) is 11.8. The molecule has 4 heteroatoms. The third-order valence-electron chi connectivity index (χ3n) is 6.52. The lowest BCUT2D eigenvalue weighted by Gasteiger charge is -2.09. The molecule has 0 unspecified atom stereocenters. The smallest absolute Gasteiger partial charge is 0.167 e. The molecule has 0 bridgehead atoms. The van der Waals surface area contributed by atoms with Gasteiger partial charge in [0.15, 0.2) is 5.78 Å². The van der Waals surface area contributed by atoms with E-state index in [0.29, 0.717) is 24.3 Å². The van der Waals surface area contributed by atoms with Crippen LogP contribution in [0.15, 0.2) is 78.0 Å². The molecule has 5 rings (SSSR count). The lowest BCUT2D eigenvalue weighted by Crippen LogP contribution is -2.08. The Balaban J connectivity index is 1.28. The fraction of sp³-hybridized carbons (Fsp3) is 0.233. The van der Waals surface area contributed by atoms with Gasteiger partial charge in [-0.2, -0.15) is 0 Å². The molecule has 34 heavy (non-hydrogen) atoms. The maximum Gasteiger partial charge on any atom is 0.167 e. The van der Waals surface area contributed by atoms with Crippen LogP contribution in [0.5, 0.6) is 0 Å². The maximum absolute atomic E-state index is 12.8. The molecule has 0 aliphatic heterocycles. The van der Waals surface area contributed by atoms with Gasteiger partial charge in [0.1, 0.15) is 18.6 Å². The van der Waals surface area contributed by atoms with E-state index in [9.17, 15) is 9.59 Å². The molecule has 1 saturated carbocycles. The van der Waals surface area contributed by atoms with Gasteiger partial charge in [-0.1, -0.05) is 78.0 Å². The standard InChI is InChI=1S/C30H27NO3/c1-34-31-30(24-9-5-20(6-10-24)17-28(32)23-14-15-23)25-11-7-21(8-12-25)18-29(33)27-16-13-22-3-2-4-26(22)19-27/h2,4-13,16,19,23H,3,14-15,17-18H2,1H3/b31-30-. The third-order valence-corrected chi connectivity index (χ3v) is 6.52. The summed E-state index contributed by atoms with van der Waals surface area (Å²) in [5.74, 6) is 0.716. The number of hydrogen-bond donors (Lipinski definition) is 0. The van der Waals surface area contributed by atoms with Crippen LogP contribution in [-0.4, -0.2) is 24.4 Å². The predicted octanol–water partition coefficient (Wildman–Crippen LogP) is 5.60. The highest BCUT2D eigenvalue weighted by molar-refractivity contribution is 6.12. The van der Waals surface area contributed by atoms with E-state index in [4.69, 9.17) is 4.84 Å². The Labute approximate surface area is 200 Å². The number of Topliss-reactive ketones (excluding diaryl/α,β-unsaturated/α-hetero) is 2. The zero-order valence-corrected chi connectivity index (χ0v) is 19.3. The number of fused-ring (bicyclic) bond motifs is 1. The molecule has 0 heterocycles. The van der Waals surface area contributed by atoms with Gasteiger partial charge in [-0.25, -0.2) is 0 Å². The molecule has 2 aliphatic carbocycles. The first-order valence-corrected chi connectivity index (χ1v) is 11.8. The van der Waals surface area contributed by atoms with Crippen LogP contribution in [0.1, 0.15) is 56.6 Å². The quantitative estimate of drug-likeness (QED) is 0.243. The average molecular weight is 450 g/mol. The monoisotopic (exact) mass is 449 g/mol. The first kappa shape index (κ1) is 22.0. The summed E-state index contributed by atoms with van der Waals surface area (Å²) in [4.78, 5) is 30.0. The van der Waals surface area contributed by atoms with Gasteiger partial charge in [-0.05, 0) is 47.6 Å². The molecule has 0 atom stereocenters. The molecule has 4 nitrogen and oxygen atoms in total. The van der Waals surface area contributed by atoms with E-state index in [-0.39, 0.29) is 11.7 Å². The van der Waals surface area contributed by atoms with Crippen molar-refractivity contribution >= 4 is 23.4 Å². The molecule has 1 fully saturated rings. The van der Waals surface area contributed by atoms with Crippen LogP contribution in [0.3, 0.4) is 0 Å². The summed E-state index contributed by atoms with van der Waals surface area (Å²) in [5, 5.41) is 4.24. The van der Waals surface area contributed by atoms with Gasteiger partial charge in [0.25, 0.3) is 0 Å². The molecule has 2 aliphatic rings. The number of rotatable bonds is 9. The highest BCUT2D eigenvalue weighted by atomic mass is 16.6. The summed E-state index contributed by atoms with van der Waals surface area (Å²) in [6.07, 6.45) is 8.06. The molecule has 0 radical (unpaired) electrons. The molecule has 0 aromatic heterocycles. The summed E-state index contributed by atoms with van der Waals surface area (Å²) >= 11 is 0. The zero-order valence-electron chi connectivity index (χ0n) is 19.3. The van der Waals surface area contributed by atoms with Crippen molar-refractivity contribution in [3.8, 4) is 0 Å². The highest BCUT2D eigenvalue weighted by Crippen LogP contribution is 2.31. The molecule has 3 aromatic rings. The molecule has 170 valence electrons. The van der Waals surface area contributed by atoms with Crippen molar-refractivity contribution < 1.29 is 14.4 Å². The summed E-state index contributed by atoms with van der Waals surface area (Å²) in [5.41, 5.74) is 7.67. The van der Waals surface area contributed by atoms with Crippen molar-refractivity contribution in [2.75, 3.05) is 7.11 Å². The van der Waals surface area contributed by atoms with Crippen molar-refractivity contribution in [3.63, 3.8) is 0 Å². The van der Waals surface area contributed by atoms with Crippen molar-refractivity contribution in [3.05, 3.63) is 112 Å². The molecule has 0 saturated heterocycles. The van der Waals surface area contributed by atoms with Crippen molar-refractivity contribution in [1.29, 1.82) is 0 Å². The van der Waals surface area contributed by atoms with Crippen LogP contribution in [0.25, 0.3) is 6.08 Å². The fourth-order valence-corrected chi connectivity index (χ4v) is 4.38. The second-order valence-corrected chi connectivity index (χ2v) is 9.05. The van der Waals surface area contributed by atoms with Crippen LogP contribution in [0.4, 0.5) is 0 Å². The second-order valence-electron chi connectivity index (χ2n) is 9.05. The normalized spacial score (nSPS) is 14.7. The molecule has 0 amide bonds. The van der Waals surface area contributed by atoms with Crippen LogP contribution in [-0.2, 0) is 28.9 Å². The van der Waals surface area contributed by atoms with E-state index < -0.39 is 0 Å². The third kappa shape index (κ3) is 4.91. The summed E-state index contributed by atoms with van der Waals surface area (Å²) < 4.78 is 0. The molecule has 0 N–H and O–H groups in total. The fourth-order valence-electron chi connectivity index (χ4n) is 4.38. The van der Waals surface area contributed by atoms with Crippen LogP contribution in [0, 0.1) is 5.92 Å². The Morgan fingerprint density at radius 2 is 1.47 bits per heavy atom. The van der Waals surface area contributed by atoms with E-state index in [0.717, 1.165) is 52.6 Å². The highest BCUT2D eigenvalue weighted by Gasteiger charge is 2.29. The number of allylic oxidation sites excluding steroid dienone is 1. The summed E-state index contributed by atoms with van der Waals surface area (Å²) in [6.45, 7) is 0. The van der Waals surface area contributed by atoms with E-state index >= 15 is 0 Å². The van der Waals surface area contributed by atoms with Gasteiger partial charge in [-0.3, -0.25) is 9.59 Å². The number of carbonyl (C=O) groups excluding carboxylic acids is 2. The number of hydrogen-bond acceptors (Lipinski definition) is 4. The Kier molecular flexibility index (Phi) is 6.22. The molecule has 3 aromatic carbocycles. The average Bonchev–Trinajstić information content (AvgIpc) is 3.61. The van der Waals surface area contributed by atoms with E-state index in [1.807, 2.05) is 66.7 Å². The predicted molar refractivity (Wildman–Crippen MR) is 134 cm³/mol. The van der Waals surface area contributed by atoms with Gasteiger partial charge in [-0.15, -0.1) is 0 Å². The number of nitrogens with zero attached hydrogens (tertiary/aromatic N) is 1. The van der Waals surface area contributed by atoms with Gasteiger partial charge in [0.05, 0.1) is 0 Å². The summed E-state index contributed by atoms with van der Waals surface area (Å²) in [7, 11) is 1.53. The van der Waals surface area contributed by atoms with E-state index in [1.54, 1.807) is 0 Å². The van der Waals surface area contributed by atoms with Crippen LogP contribution >= 0.6 is 0 Å². The van der Waals surface area contributed by atoms with Gasteiger partial charge >= 0.3 is 0 Å². The maximum atomic E-state index is 12.8. The topological polar surface area (TPSA) is 55.7 Å². The molecule has 0 spiro atoms. The number of ketones is 2. The number of benzene rings is 3. The molecular weight excluding hydrogens is 422 g/mol. The van der Waals surface area contributed by atoms with Crippen LogP contribution in [0.2, 0.25) is 0 Å². The van der Waals surface area contributed by atoms with Gasteiger partial charge in [0, 0.05) is 35.4 Å². The first-order chi connectivity index (χ1) is 16.6. The summed E-state index contributed by atoms with van der Waals surface area (Å²) in [6, 6.07) is 21.8. The Morgan fingerprint density at radius 3 is 2.09 bits per heavy atom. The van der Waals surface area contributed by atoms with Gasteiger partial charge < -0.3 is 4.84 Å². The SMILES string of the molecule is CO/N=C(\c1ccc(CC(=O)c2ccc3c(c2)C=CC3)cc1)c1ccc(CC(=O)C2CC2)cc1. The minimum absolute atomic E-state index is 0.109. The number of oxime groups is 1. The lowest BCUT2D eigenvalue weighted by molar-refractivity contribution is -0.119. The Morgan fingerprint density at radius 1 is 0.853 bits per heavy atom. The molecular formula is C30H27NO3. The lowest BCUT2D eigenvalue weighted by atomic mass is 9.96.